The molecule has 0 radical (unpaired) electrons. The van der Waals surface area contributed by atoms with E-state index in [1.807, 2.05) is 36.5 Å². The van der Waals surface area contributed by atoms with E-state index in [4.69, 9.17) is 15.0 Å². The van der Waals surface area contributed by atoms with E-state index in [0.717, 1.165) is 88.8 Å². The van der Waals surface area contributed by atoms with Crippen molar-refractivity contribution in [3.05, 3.63) is 219 Å². The van der Waals surface area contributed by atoms with Crippen LogP contribution in [-0.2, 0) is 0 Å². The summed E-state index contributed by atoms with van der Waals surface area (Å²) < 4.78 is 0. The minimum Gasteiger partial charge on any atom is -0.254 e. The number of benzene rings is 8. The van der Waals surface area contributed by atoms with E-state index >= 15 is 0 Å². The van der Waals surface area contributed by atoms with Crippen LogP contribution in [-0.4, -0.2) is 19.9 Å². The standard InChI is InChI=1S/C56H36N4/c1-3-11-37(12-4-1)45-15-9-16-46(35-45)52-36-53(60-56(59-52)44-13-5-2-6-14-44)50-32-31-47(48-18-7-8-19-49(48)50)40-24-20-38(21-25-40)39-22-26-41(27-23-39)51-33-30-43-29-28-42-17-10-34-57-54(42)55(43)58-51/h1-36H. The molecule has 0 amide bonds. The van der Waals surface area contributed by atoms with Crippen LogP contribution in [0.3, 0.4) is 0 Å². The molecule has 0 saturated carbocycles. The summed E-state index contributed by atoms with van der Waals surface area (Å²) in [5.74, 6) is 0.699. The van der Waals surface area contributed by atoms with Crippen LogP contribution in [0.25, 0.3) is 111 Å². The van der Waals surface area contributed by atoms with E-state index in [0.29, 0.717) is 5.82 Å². The Morgan fingerprint density at radius 3 is 1.57 bits per heavy atom. The van der Waals surface area contributed by atoms with Crippen molar-refractivity contribution in [3.63, 3.8) is 0 Å². The molecule has 4 nitrogen and oxygen atoms in total. The largest absolute Gasteiger partial charge is 0.254 e. The third kappa shape index (κ3) is 6.56. The molecular weight excluding hydrogens is 729 g/mol. The van der Waals surface area contributed by atoms with Gasteiger partial charge in [0.25, 0.3) is 0 Å². The molecule has 3 heterocycles. The van der Waals surface area contributed by atoms with Gasteiger partial charge in [0.1, 0.15) is 0 Å². The average molecular weight is 765 g/mol. The fourth-order valence-corrected chi connectivity index (χ4v) is 8.27. The molecule has 0 aliphatic carbocycles. The summed E-state index contributed by atoms with van der Waals surface area (Å²) in [5, 5.41) is 4.49. The van der Waals surface area contributed by atoms with Gasteiger partial charge in [0, 0.05) is 39.2 Å². The number of pyridine rings is 2. The third-order valence-corrected chi connectivity index (χ3v) is 11.4. The van der Waals surface area contributed by atoms with Crippen LogP contribution in [0, 0.1) is 0 Å². The Hall–Kier alpha value is -8.08. The first-order valence-electron chi connectivity index (χ1n) is 20.2. The van der Waals surface area contributed by atoms with Crippen LogP contribution in [0.15, 0.2) is 219 Å². The zero-order valence-electron chi connectivity index (χ0n) is 32.6. The zero-order chi connectivity index (χ0) is 39.8. The molecule has 0 unspecified atom stereocenters. The van der Waals surface area contributed by atoms with Crippen molar-refractivity contribution in [1.82, 2.24) is 19.9 Å². The molecule has 4 heteroatoms. The Morgan fingerprint density at radius 1 is 0.267 bits per heavy atom. The fourth-order valence-electron chi connectivity index (χ4n) is 8.27. The molecule has 280 valence electrons. The second-order valence-electron chi connectivity index (χ2n) is 15.0. The van der Waals surface area contributed by atoms with Gasteiger partial charge in [-0.1, -0.05) is 188 Å². The van der Waals surface area contributed by atoms with Crippen LogP contribution in [0.4, 0.5) is 0 Å². The number of hydrogen-bond donors (Lipinski definition) is 0. The van der Waals surface area contributed by atoms with Crippen molar-refractivity contribution < 1.29 is 0 Å². The topological polar surface area (TPSA) is 51.6 Å². The molecule has 0 fully saturated rings. The predicted molar refractivity (Wildman–Crippen MR) is 248 cm³/mol. The maximum atomic E-state index is 5.21. The lowest BCUT2D eigenvalue weighted by molar-refractivity contribution is 1.18. The highest BCUT2D eigenvalue weighted by Gasteiger charge is 2.16. The minimum absolute atomic E-state index is 0.699. The van der Waals surface area contributed by atoms with E-state index in [1.165, 1.54) is 16.5 Å². The second-order valence-corrected chi connectivity index (χ2v) is 15.0. The molecule has 0 bridgehead atoms. The second kappa shape index (κ2) is 15.0. The first kappa shape index (κ1) is 35.1. The molecule has 60 heavy (non-hydrogen) atoms. The van der Waals surface area contributed by atoms with E-state index in [9.17, 15) is 0 Å². The van der Waals surface area contributed by atoms with Crippen molar-refractivity contribution in [1.29, 1.82) is 0 Å². The van der Waals surface area contributed by atoms with E-state index in [2.05, 4.69) is 187 Å². The first-order valence-corrected chi connectivity index (χ1v) is 20.2. The lowest BCUT2D eigenvalue weighted by atomic mass is 9.92. The van der Waals surface area contributed by atoms with Gasteiger partial charge in [0.15, 0.2) is 5.82 Å². The quantitative estimate of drug-likeness (QED) is 0.152. The Kier molecular flexibility index (Phi) is 8.79. The monoisotopic (exact) mass is 764 g/mol. The Morgan fingerprint density at radius 2 is 0.817 bits per heavy atom. The summed E-state index contributed by atoms with van der Waals surface area (Å²) >= 11 is 0. The molecule has 3 aromatic heterocycles. The van der Waals surface area contributed by atoms with Crippen molar-refractivity contribution >= 4 is 32.6 Å². The van der Waals surface area contributed by atoms with E-state index in [1.54, 1.807) is 0 Å². The van der Waals surface area contributed by atoms with Crippen LogP contribution in [0.2, 0.25) is 0 Å². The molecule has 0 spiro atoms. The van der Waals surface area contributed by atoms with Gasteiger partial charge in [-0.15, -0.1) is 0 Å². The van der Waals surface area contributed by atoms with Gasteiger partial charge in [0.05, 0.1) is 28.1 Å². The molecule has 0 saturated heterocycles. The molecule has 0 aliphatic heterocycles. The molecule has 11 aromatic rings. The van der Waals surface area contributed by atoms with Crippen LogP contribution in [0.1, 0.15) is 0 Å². The summed E-state index contributed by atoms with van der Waals surface area (Å²) in [6, 6.07) is 74.6. The number of fused-ring (bicyclic) bond motifs is 4. The SMILES string of the molecule is c1ccc(-c2cccc(-c3cc(-c4ccc(-c5ccc(-c6ccc(-c7ccc8ccc9cccnc9c8n7)cc6)cc5)c5ccccc45)nc(-c4ccccc4)n3)c2)cc1. The van der Waals surface area contributed by atoms with Gasteiger partial charge in [-0.25, -0.2) is 15.0 Å². The van der Waals surface area contributed by atoms with Crippen LogP contribution < -0.4 is 0 Å². The third-order valence-electron chi connectivity index (χ3n) is 11.4. The first-order chi connectivity index (χ1) is 29.7. The van der Waals surface area contributed by atoms with Gasteiger partial charge >= 0.3 is 0 Å². The summed E-state index contributed by atoms with van der Waals surface area (Å²) in [6.07, 6.45) is 1.83. The highest BCUT2D eigenvalue weighted by Crippen LogP contribution is 2.38. The normalized spacial score (nSPS) is 11.3. The average Bonchev–Trinajstić information content (AvgIpc) is 3.34. The Labute approximate surface area is 348 Å². The lowest BCUT2D eigenvalue weighted by Crippen LogP contribution is -1.97. The molecule has 0 aliphatic rings. The fraction of sp³-hybridized carbons (Fsp3) is 0. The molecule has 0 N–H and O–H groups in total. The maximum Gasteiger partial charge on any atom is 0.160 e. The van der Waals surface area contributed by atoms with Crippen LogP contribution in [0.5, 0.6) is 0 Å². The lowest BCUT2D eigenvalue weighted by Gasteiger charge is -2.14. The van der Waals surface area contributed by atoms with Crippen molar-refractivity contribution in [2.24, 2.45) is 0 Å². The number of rotatable bonds is 7. The van der Waals surface area contributed by atoms with Crippen LogP contribution >= 0.6 is 0 Å². The number of hydrogen-bond acceptors (Lipinski definition) is 4. The molecule has 0 atom stereocenters. The highest BCUT2D eigenvalue weighted by atomic mass is 14.9. The van der Waals surface area contributed by atoms with E-state index < -0.39 is 0 Å². The van der Waals surface area contributed by atoms with E-state index in [-0.39, 0.29) is 0 Å². The van der Waals surface area contributed by atoms with Crippen molar-refractivity contribution in [2.45, 2.75) is 0 Å². The van der Waals surface area contributed by atoms with Gasteiger partial charge in [-0.3, -0.25) is 4.98 Å². The van der Waals surface area contributed by atoms with Gasteiger partial charge in [-0.2, -0.15) is 0 Å². The molecular formula is C56H36N4. The summed E-state index contributed by atoms with van der Waals surface area (Å²) in [4.78, 5) is 20.0. The minimum atomic E-state index is 0.699. The van der Waals surface area contributed by atoms with Gasteiger partial charge in [-0.05, 0) is 68.4 Å². The predicted octanol–water partition coefficient (Wildman–Crippen LogP) is 14.4. The molecule has 11 rings (SSSR count). The smallest absolute Gasteiger partial charge is 0.160 e. The number of nitrogens with zero attached hydrogens (tertiary/aromatic N) is 4. The maximum absolute atomic E-state index is 5.21. The number of aromatic nitrogens is 4. The summed E-state index contributed by atoms with van der Waals surface area (Å²) in [6.45, 7) is 0. The Balaban J connectivity index is 0.929. The summed E-state index contributed by atoms with van der Waals surface area (Å²) in [7, 11) is 0. The Bertz CT molecular complexity index is 3340. The van der Waals surface area contributed by atoms with Crippen molar-refractivity contribution in [3.8, 4) is 78.5 Å². The summed E-state index contributed by atoms with van der Waals surface area (Å²) in [5.41, 5.74) is 15.7. The van der Waals surface area contributed by atoms with Crippen molar-refractivity contribution in [2.75, 3.05) is 0 Å². The molecule has 8 aromatic carbocycles. The highest BCUT2D eigenvalue weighted by molar-refractivity contribution is 6.05. The van der Waals surface area contributed by atoms with Gasteiger partial charge < -0.3 is 0 Å². The van der Waals surface area contributed by atoms with Gasteiger partial charge in [0.2, 0.25) is 0 Å². The zero-order valence-corrected chi connectivity index (χ0v) is 32.6.